The van der Waals surface area contributed by atoms with Gasteiger partial charge in [0.15, 0.2) is 0 Å². The highest BCUT2D eigenvalue weighted by Crippen LogP contribution is 2.29. The largest absolute Gasteiger partial charge is 0.341 e. The molecule has 0 spiro atoms. The van der Waals surface area contributed by atoms with E-state index in [0.29, 0.717) is 28.5 Å². The van der Waals surface area contributed by atoms with Gasteiger partial charge in [0.25, 0.3) is 0 Å². The molecule has 1 aromatic carbocycles. The molecule has 5 heteroatoms. The topological polar surface area (TPSA) is 23.6 Å². The Hall–Kier alpha value is -0.770. The van der Waals surface area contributed by atoms with E-state index in [1.165, 1.54) is 51.6 Å². The van der Waals surface area contributed by atoms with Gasteiger partial charge >= 0.3 is 0 Å². The molecule has 0 unspecified atom stereocenters. The Labute approximate surface area is 161 Å². The molecule has 3 rings (SSSR count). The Balaban J connectivity index is 1.70. The van der Waals surface area contributed by atoms with Crippen LogP contribution in [-0.4, -0.2) is 47.9 Å². The van der Waals surface area contributed by atoms with Gasteiger partial charge in [-0.3, -0.25) is 9.69 Å². The minimum atomic E-state index is 0.175. The summed E-state index contributed by atoms with van der Waals surface area (Å²) in [4.78, 5) is 17.5. The Morgan fingerprint density at radius 2 is 1.80 bits per heavy atom. The van der Waals surface area contributed by atoms with Gasteiger partial charge in [-0.1, -0.05) is 48.5 Å². The Morgan fingerprint density at radius 1 is 1.08 bits per heavy atom. The van der Waals surface area contributed by atoms with E-state index in [2.05, 4.69) is 4.90 Å². The van der Waals surface area contributed by atoms with E-state index in [-0.39, 0.29) is 5.91 Å². The van der Waals surface area contributed by atoms with Crippen LogP contribution in [0.3, 0.4) is 0 Å². The third kappa shape index (κ3) is 4.69. The lowest BCUT2D eigenvalue weighted by Gasteiger charge is -2.38. The number of nitrogens with zero attached hydrogens (tertiary/aromatic N) is 2. The van der Waals surface area contributed by atoms with E-state index in [9.17, 15) is 4.79 Å². The van der Waals surface area contributed by atoms with Gasteiger partial charge in [0.1, 0.15) is 0 Å². The fourth-order valence-corrected chi connectivity index (χ4v) is 4.67. The molecule has 25 heavy (non-hydrogen) atoms. The number of rotatable bonds is 4. The second-order valence-electron chi connectivity index (χ2n) is 7.45. The number of halogens is 2. The second-order valence-corrected chi connectivity index (χ2v) is 8.26. The molecule has 1 heterocycles. The molecule has 0 aromatic heterocycles. The molecule has 1 aliphatic heterocycles. The first-order valence-electron chi connectivity index (χ1n) is 9.50. The van der Waals surface area contributed by atoms with Gasteiger partial charge in [-0.25, -0.2) is 0 Å². The fraction of sp³-hybridized carbons (Fsp3) is 0.650. The molecule has 0 bridgehead atoms. The third-order valence-corrected chi connectivity index (χ3v) is 6.52. The molecule has 1 saturated carbocycles. The molecule has 0 radical (unpaired) electrons. The van der Waals surface area contributed by atoms with Crippen LogP contribution in [0.2, 0.25) is 10.0 Å². The number of benzene rings is 1. The minimum Gasteiger partial charge on any atom is -0.341 e. The van der Waals surface area contributed by atoms with Gasteiger partial charge < -0.3 is 4.90 Å². The van der Waals surface area contributed by atoms with Crippen LogP contribution < -0.4 is 0 Å². The molecule has 2 aliphatic rings. The third-order valence-electron chi connectivity index (χ3n) is 5.78. The molecule has 138 valence electrons. The maximum atomic E-state index is 12.9. The van der Waals surface area contributed by atoms with Crippen LogP contribution in [0.1, 0.15) is 50.5 Å². The summed E-state index contributed by atoms with van der Waals surface area (Å²) in [6.45, 7) is 2.38. The predicted octanol–water partition coefficient (Wildman–Crippen LogP) is 4.79. The molecular weight excluding hydrogens is 355 g/mol. The van der Waals surface area contributed by atoms with E-state index in [1.54, 1.807) is 12.1 Å². The zero-order valence-electron chi connectivity index (χ0n) is 15.0. The van der Waals surface area contributed by atoms with Crippen molar-refractivity contribution in [2.45, 2.75) is 63.5 Å². The van der Waals surface area contributed by atoms with Crippen molar-refractivity contribution >= 4 is 29.1 Å². The number of likely N-dealkylation sites (tertiary alicyclic amines) is 1. The Kier molecular flexibility index (Phi) is 6.65. The number of hydrogen-bond acceptors (Lipinski definition) is 2. The minimum absolute atomic E-state index is 0.175. The van der Waals surface area contributed by atoms with Crippen LogP contribution in [0.5, 0.6) is 0 Å². The van der Waals surface area contributed by atoms with Gasteiger partial charge in [-0.05, 0) is 56.5 Å². The lowest BCUT2D eigenvalue weighted by Crippen LogP contribution is -2.51. The maximum absolute atomic E-state index is 12.9. The molecule has 1 aromatic rings. The van der Waals surface area contributed by atoms with Crippen molar-refractivity contribution in [3.63, 3.8) is 0 Å². The normalized spacial score (nSPS) is 24.9. The van der Waals surface area contributed by atoms with E-state index < -0.39 is 0 Å². The number of carbonyl (C=O) groups excluding carboxylic acids is 1. The van der Waals surface area contributed by atoms with Crippen LogP contribution in [0.4, 0.5) is 0 Å². The van der Waals surface area contributed by atoms with Crippen molar-refractivity contribution in [2.24, 2.45) is 0 Å². The van der Waals surface area contributed by atoms with Crippen LogP contribution in [0.15, 0.2) is 18.2 Å². The summed E-state index contributed by atoms with van der Waals surface area (Å²) < 4.78 is 0. The molecule has 3 nitrogen and oxygen atoms in total. The lowest BCUT2D eigenvalue weighted by molar-refractivity contribution is -0.132. The van der Waals surface area contributed by atoms with Crippen molar-refractivity contribution in [2.75, 3.05) is 20.1 Å². The fourth-order valence-electron chi connectivity index (χ4n) is 4.35. The van der Waals surface area contributed by atoms with Crippen molar-refractivity contribution in [3.8, 4) is 0 Å². The summed E-state index contributed by atoms with van der Waals surface area (Å²) in [5.74, 6) is 0.175. The van der Waals surface area contributed by atoms with Crippen LogP contribution in [0, 0.1) is 0 Å². The van der Waals surface area contributed by atoms with Gasteiger partial charge in [0, 0.05) is 19.1 Å². The van der Waals surface area contributed by atoms with Gasteiger partial charge in [0.05, 0.1) is 16.5 Å². The molecule has 2 atom stereocenters. The number of likely N-dealkylation sites (N-methyl/N-ethyl adjacent to an activating group) is 1. The summed E-state index contributed by atoms with van der Waals surface area (Å²) in [5.41, 5.74) is 0.928. The van der Waals surface area contributed by atoms with Gasteiger partial charge in [-0.15, -0.1) is 0 Å². The summed E-state index contributed by atoms with van der Waals surface area (Å²) >= 11 is 12.1. The molecule has 0 N–H and O–H groups in total. The SMILES string of the molecule is CN(C(=O)Cc1ccc(Cl)c(Cl)c1)[C@@H]1CCCCC[C@H]1N1CCCC1. The summed E-state index contributed by atoms with van der Waals surface area (Å²) in [6.07, 6.45) is 9.10. The second kappa shape index (κ2) is 8.75. The number of amides is 1. The Bertz CT molecular complexity index is 601. The zero-order chi connectivity index (χ0) is 17.8. The van der Waals surface area contributed by atoms with E-state index >= 15 is 0 Å². The van der Waals surface area contributed by atoms with Crippen LogP contribution >= 0.6 is 23.2 Å². The highest BCUT2D eigenvalue weighted by atomic mass is 35.5. The van der Waals surface area contributed by atoms with E-state index in [4.69, 9.17) is 23.2 Å². The van der Waals surface area contributed by atoms with Crippen LogP contribution in [0.25, 0.3) is 0 Å². The van der Waals surface area contributed by atoms with Crippen molar-refractivity contribution in [1.82, 2.24) is 9.80 Å². The zero-order valence-corrected chi connectivity index (χ0v) is 16.5. The first-order chi connectivity index (χ1) is 12.1. The first kappa shape index (κ1) is 19.0. The Morgan fingerprint density at radius 3 is 2.52 bits per heavy atom. The number of hydrogen-bond donors (Lipinski definition) is 0. The smallest absolute Gasteiger partial charge is 0.227 e. The molecular formula is C20H28Cl2N2O. The summed E-state index contributed by atoms with van der Waals surface area (Å²) in [6, 6.07) is 6.32. The van der Waals surface area contributed by atoms with E-state index in [0.717, 1.165) is 12.0 Å². The van der Waals surface area contributed by atoms with Crippen molar-refractivity contribution < 1.29 is 4.79 Å². The van der Waals surface area contributed by atoms with E-state index in [1.807, 2.05) is 18.0 Å². The van der Waals surface area contributed by atoms with Crippen molar-refractivity contribution in [1.29, 1.82) is 0 Å². The average Bonchev–Trinajstić information content (AvgIpc) is 3.02. The summed E-state index contributed by atoms with van der Waals surface area (Å²) in [7, 11) is 1.99. The van der Waals surface area contributed by atoms with Gasteiger partial charge in [-0.2, -0.15) is 0 Å². The maximum Gasteiger partial charge on any atom is 0.227 e. The van der Waals surface area contributed by atoms with Crippen molar-refractivity contribution in [3.05, 3.63) is 33.8 Å². The summed E-state index contributed by atoms with van der Waals surface area (Å²) in [5, 5.41) is 1.04. The molecule has 2 fully saturated rings. The van der Waals surface area contributed by atoms with Crippen LogP contribution in [-0.2, 0) is 11.2 Å². The predicted molar refractivity (Wildman–Crippen MR) is 104 cm³/mol. The lowest BCUT2D eigenvalue weighted by atomic mass is 9.99. The molecule has 1 saturated heterocycles. The molecule has 1 aliphatic carbocycles. The standard InChI is InChI=1S/C20H28Cl2N2O/c1-23(20(25)14-15-9-10-16(21)17(22)13-15)18-7-3-2-4-8-19(18)24-11-5-6-12-24/h9-10,13,18-19H,2-8,11-12,14H2,1H3/t18-,19-/m1/s1. The van der Waals surface area contributed by atoms with Gasteiger partial charge in [0.2, 0.25) is 5.91 Å². The quantitative estimate of drug-likeness (QED) is 0.698. The highest BCUT2D eigenvalue weighted by Gasteiger charge is 2.34. The highest BCUT2D eigenvalue weighted by molar-refractivity contribution is 6.42. The number of carbonyl (C=O) groups is 1. The molecule has 1 amide bonds. The average molecular weight is 383 g/mol. The first-order valence-corrected chi connectivity index (χ1v) is 10.3. The monoisotopic (exact) mass is 382 g/mol.